The van der Waals surface area contributed by atoms with E-state index in [1.807, 2.05) is 35.7 Å². The van der Waals surface area contributed by atoms with Gasteiger partial charge in [0.15, 0.2) is 0 Å². The van der Waals surface area contributed by atoms with Crippen LogP contribution < -0.4 is 14.4 Å². The van der Waals surface area contributed by atoms with Crippen molar-refractivity contribution < 1.29 is 28.6 Å². The highest BCUT2D eigenvalue weighted by atomic mass is 32.1. The third kappa shape index (κ3) is 4.71. The summed E-state index contributed by atoms with van der Waals surface area (Å²) in [5, 5.41) is 13.0. The summed E-state index contributed by atoms with van der Waals surface area (Å²) in [6.07, 6.45) is 0. The molecule has 1 fully saturated rings. The summed E-state index contributed by atoms with van der Waals surface area (Å²) in [5.41, 5.74) is 1.33. The molecule has 1 aromatic heterocycles. The second kappa shape index (κ2) is 10.3. The average Bonchev–Trinajstić information content (AvgIpc) is 3.55. The minimum atomic E-state index is -0.899. The van der Waals surface area contributed by atoms with Crippen LogP contribution in [0.1, 0.15) is 22.0 Å². The Morgan fingerprint density at radius 2 is 1.76 bits per heavy atom. The second-order valence-electron chi connectivity index (χ2n) is 8.30. The van der Waals surface area contributed by atoms with Gasteiger partial charge in [-0.25, -0.2) is 4.39 Å². The number of methoxy groups -OCH3 is 1. The lowest BCUT2D eigenvalue weighted by atomic mass is 9.99. The van der Waals surface area contributed by atoms with Crippen LogP contribution in [0.2, 0.25) is 0 Å². The lowest BCUT2D eigenvalue weighted by molar-refractivity contribution is -0.132. The molecule has 1 atom stereocenters. The number of benzene rings is 3. The van der Waals surface area contributed by atoms with E-state index in [4.69, 9.17) is 9.47 Å². The summed E-state index contributed by atoms with van der Waals surface area (Å²) in [4.78, 5) is 28.5. The number of amides is 1. The number of Topliss-reactive ketones (excluding diaryl/α,β-unsaturated/α-hetero) is 1. The molecular weight excluding hydrogens is 493 g/mol. The minimum Gasteiger partial charge on any atom is -0.507 e. The molecule has 1 aliphatic heterocycles. The number of carbonyl (C=O) groups excluding carboxylic acids is 2. The molecule has 6 nitrogen and oxygen atoms in total. The number of halogens is 1. The number of aliphatic hydroxyl groups excluding tert-OH is 1. The van der Waals surface area contributed by atoms with Crippen molar-refractivity contribution in [3.8, 4) is 11.5 Å². The highest BCUT2D eigenvalue weighted by Gasteiger charge is 2.47. The topological polar surface area (TPSA) is 76.1 Å². The SMILES string of the molecule is COc1ccc(F)cc1/C(O)=C1/C(=O)C(=O)N(c2ccc(OCc3ccccc3)cc2)C1c1cccs1. The van der Waals surface area contributed by atoms with E-state index in [9.17, 15) is 19.1 Å². The average molecular weight is 516 g/mol. The van der Waals surface area contributed by atoms with E-state index in [0.717, 1.165) is 11.6 Å². The number of hydrogen-bond donors (Lipinski definition) is 1. The van der Waals surface area contributed by atoms with Crippen LogP contribution in [0.3, 0.4) is 0 Å². The first-order chi connectivity index (χ1) is 18.0. The lowest BCUT2D eigenvalue weighted by Crippen LogP contribution is -2.29. The molecule has 0 bridgehead atoms. The third-order valence-electron chi connectivity index (χ3n) is 6.04. The van der Waals surface area contributed by atoms with Crippen LogP contribution in [0.4, 0.5) is 10.1 Å². The van der Waals surface area contributed by atoms with Crippen molar-refractivity contribution in [3.05, 3.63) is 118 Å². The van der Waals surface area contributed by atoms with Gasteiger partial charge in [-0.15, -0.1) is 11.3 Å². The van der Waals surface area contributed by atoms with Crippen LogP contribution in [0.15, 0.2) is 95.9 Å². The molecule has 3 aromatic carbocycles. The Labute approximate surface area is 216 Å². The van der Waals surface area contributed by atoms with Crippen LogP contribution in [-0.4, -0.2) is 23.9 Å². The number of thiophene rings is 1. The van der Waals surface area contributed by atoms with Crippen molar-refractivity contribution in [2.75, 3.05) is 12.0 Å². The minimum absolute atomic E-state index is 0.00767. The largest absolute Gasteiger partial charge is 0.507 e. The summed E-state index contributed by atoms with van der Waals surface area (Å²) in [5.74, 6) is -2.01. The maximum atomic E-state index is 14.1. The fourth-order valence-corrected chi connectivity index (χ4v) is 5.09. The lowest BCUT2D eigenvalue weighted by Gasteiger charge is -2.24. The zero-order chi connectivity index (χ0) is 25.9. The molecule has 4 aromatic rings. The molecule has 1 aliphatic rings. The van der Waals surface area contributed by atoms with E-state index in [1.165, 1.54) is 35.5 Å². The van der Waals surface area contributed by atoms with Gasteiger partial charge in [0.2, 0.25) is 0 Å². The van der Waals surface area contributed by atoms with Gasteiger partial charge in [0.1, 0.15) is 35.7 Å². The van der Waals surface area contributed by atoms with Crippen LogP contribution >= 0.6 is 11.3 Å². The third-order valence-corrected chi connectivity index (χ3v) is 6.96. The molecular formula is C29H22FNO5S. The molecule has 37 heavy (non-hydrogen) atoms. The molecule has 0 radical (unpaired) electrons. The summed E-state index contributed by atoms with van der Waals surface area (Å²) in [7, 11) is 1.38. The normalized spacial score (nSPS) is 16.7. The van der Waals surface area contributed by atoms with Gasteiger partial charge >= 0.3 is 0 Å². The Balaban J connectivity index is 1.53. The van der Waals surface area contributed by atoms with E-state index in [-0.39, 0.29) is 16.9 Å². The number of ketones is 1. The monoisotopic (exact) mass is 515 g/mol. The van der Waals surface area contributed by atoms with Crippen molar-refractivity contribution in [3.63, 3.8) is 0 Å². The molecule has 1 amide bonds. The number of carbonyl (C=O) groups is 2. The molecule has 8 heteroatoms. The summed E-state index contributed by atoms with van der Waals surface area (Å²) >= 11 is 1.34. The highest BCUT2D eigenvalue weighted by molar-refractivity contribution is 7.10. The highest BCUT2D eigenvalue weighted by Crippen LogP contribution is 2.44. The Kier molecular flexibility index (Phi) is 6.74. The predicted molar refractivity (Wildman–Crippen MR) is 139 cm³/mol. The number of aliphatic hydroxyl groups is 1. The van der Waals surface area contributed by atoms with Gasteiger partial charge in [0.05, 0.1) is 18.2 Å². The molecule has 0 aliphatic carbocycles. The van der Waals surface area contributed by atoms with Crippen molar-refractivity contribution >= 4 is 34.5 Å². The van der Waals surface area contributed by atoms with Gasteiger partial charge in [-0.2, -0.15) is 0 Å². The zero-order valence-electron chi connectivity index (χ0n) is 19.8. The van der Waals surface area contributed by atoms with Gasteiger partial charge in [-0.05, 0) is 59.5 Å². The van der Waals surface area contributed by atoms with Crippen LogP contribution in [0, 0.1) is 5.82 Å². The van der Waals surface area contributed by atoms with Gasteiger partial charge < -0.3 is 14.6 Å². The van der Waals surface area contributed by atoms with Crippen molar-refractivity contribution in [2.45, 2.75) is 12.6 Å². The summed E-state index contributed by atoms with van der Waals surface area (Å²) < 4.78 is 25.2. The number of ether oxygens (including phenoxy) is 2. The van der Waals surface area contributed by atoms with Crippen LogP contribution in [-0.2, 0) is 16.2 Å². The standard InChI is InChI=1S/C29H22FNO5S/c1-35-23-14-9-19(30)16-22(23)27(32)25-26(24-8-5-15-37-24)31(29(34)28(25)33)20-10-12-21(13-11-20)36-17-18-6-3-2-4-7-18/h2-16,26,32H,17H2,1H3/b27-25-. The first kappa shape index (κ1) is 24.3. The molecule has 0 saturated carbocycles. The fraction of sp³-hybridized carbons (Fsp3) is 0.103. The fourth-order valence-electron chi connectivity index (χ4n) is 4.27. The van der Waals surface area contributed by atoms with E-state index in [2.05, 4.69) is 0 Å². The molecule has 1 N–H and O–H groups in total. The van der Waals surface area contributed by atoms with E-state index in [1.54, 1.807) is 36.4 Å². The second-order valence-corrected chi connectivity index (χ2v) is 9.28. The molecule has 2 heterocycles. The molecule has 1 unspecified atom stereocenters. The Bertz CT molecular complexity index is 1470. The quantitative estimate of drug-likeness (QED) is 0.183. The van der Waals surface area contributed by atoms with Crippen molar-refractivity contribution in [1.29, 1.82) is 0 Å². The first-order valence-electron chi connectivity index (χ1n) is 11.4. The molecule has 5 rings (SSSR count). The van der Waals surface area contributed by atoms with Gasteiger partial charge in [0, 0.05) is 10.6 Å². The zero-order valence-corrected chi connectivity index (χ0v) is 20.6. The van der Waals surface area contributed by atoms with E-state index in [0.29, 0.717) is 22.9 Å². The first-order valence-corrected chi connectivity index (χ1v) is 12.3. The Hall–Kier alpha value is -4.43. The summed E-state index contributed by atoms with van der Waals surface area (Å²) in [6.45, 7) is 0.384. The number of nitrogens with zero attached hydrogens (tertiary/aromatic N) is 1. The van der Waals surface area contributed by atoms with Gasteiger partial charge in [-0.1, -0.05) is 36.4 Å². The van der Waals surface area contributed by atoms with Crippen LogP contribution in [0.25, 0.3) is 5.76 Å². The number of hydrogen-bond acceptors (Lipinski definition) is 6. The molecule has 0 spiro atoms. The number of rotatable bonds is 7. The summed E-state index contributed by atoms with van der Waals surface area (Å²) in [6, 6.07) is 22.8. The predicted octanol–water partition coefficient (Wildman–Crippen LogP) is 6.10. The Morgan fingerprint density at radius 1 is 1.00 bits per heavy atom. The van der Waals surface area contributed by atoms with Crippen molar-refractivity contribution in [1.82, 2.24) is 0 Å². The van der Waals surface area contributed by atoms with E-state index >= 15 is 0 Å². The molecule has 186 valence electrons. The van der Waals surface area contributed by atoms with Crippen LogP contribution in [0.5, 0.6) is 11.5 Å². The smallest absolute Gasteiger partial charge is 0.300 e. The number of anilines is 1. The van der Waals surface area contributed by atoms with Crippen molar-refractivity contribution in [2.24, 2.45) is 0 Å². The van der Waals surface area contributed by atoms with Gasteiger partial charge in [0.25, 0.3) is 11.7 Å². The van der Waals surface area contributed by atoms with Gasteiger partial charge in [-0.3, -0.25) is 14.5 Å². The van der Waals surface area contributed by atoms with E-state index < -0.39 is 29.3 Å². The molecule has 1 saturated heterocycles. The maximum absolute atomic E-state index is 14.1. The maximum Gasteiger partial charge on any atom is 0.300 e. The Morgan fingerprint density at radius 3 is 2.43 bits per heavy atom.